The number of hydrogen-bond donors (Lipinski definition) is 1. The highest BCUT2D eigenvalue weighted by Gasteiger charge is 2.17. The molecule has 0 fully saturated rings. The van der Waals surface area contributed by atoms with Crippen molar-refractivity contribution < 1.29 is 4.42 Å². The van der Waals surface area contributed by atoms with Crippen molar-refractivity contribution in [2.75, 3.05) is 0 Å². The molecule has 5 nitrogen and oxygen atoms in total. The van der Waals surface area contributed by atoms with E-state index in [9.17, 15) is 0 Å². The lowest BCUT2D eigenvalue weighted by molar-refractivity contribution is 0.552. The third-order valence-corrected chi connectivity index (χ3v) is 4.05. The van der Waals surface area contributed by atoms with E-state index in [2.05, 4.69) is 22.1 Å². The lowest BCUT2D eigenvalue weighted by atomic mass is 10.2. The first-order valence-electron chi connectivity index (χ1n) is 6.24. The van der Waals surface area contributed by atoms with E-state index in [-0.39, 0.29) is 4.84 Å². The van der Waals surface area contributed by atoms with Crippen LogP contribution in [0.3, 0.4) is 0 Å². The predicted molar refractivity (Wildman–Crippen MR) is 80.0 cm³/mol. The number of nitrogens with one attached hydrogen (secondary N) is 1. The van der Waals surface area contributed by atoms with Crippen molar-refractivity contribution in [3.8, 4) is 21.3 Å². The molecule has 3 aromatic heterocycles. The molecular weight excluding hydrogens is 292 g/mol. The first kappa shape index (κ1) is 13.1. The molecule has 0 spiro atoms. The van der Waals surface area contributed by atoms with Gasteiger partial charge in [-0.05, 0) is 30.8 Å². The predicted octanol–water partition coefficient (Wildman–Crippen LogP) is 3.87. The van der Waals surface area contributed by atoms with Crippen LogP contribution in [0.4, 0.5) is 0 Å². The lowest BCUT2D eigenvalue weighted by Crippen LogP contribution is -1.87. The van der Waals surface area contributed by atoms with Gasteiger partial charge in [-0.2, -0.15) is 0 Å². The number of H-pyrrole nitrogens is 1. The summed E-state index contributed by atoms with van der Waals surface area (Å²) in [6.45, 7) is 2.12. The van der Waals surface area contributed by atoms with Crippen LogP contribution in [0.2, 0.25) is 0 Å². The lowest BCUT2D eigenvalue weighted by Gasteiger charge is -1.94. The van der Waals surface area contributed by atoms with Gasteiger partial charge >= 0.3 is 0 Å². The van der Waals surface area contributed by atoms with Crippen LogP contribution in [0, 0.1) is 4.84 Å². The summed E-state index contributed by atoms with van der Waals surface area (Å²) in [5, 5.41) is 7.69. The van der Waals surface area contributed by atoms with Gasteiger partial charge in [-0.25, -0.2) is 10.1 Å². The Morgan fingerprint density at radius 3 is 2.80 bits per heavy atom. The Hall–Kier alpha value is -1.86. The van der Waals surface area contributed by atoms with E-state index in [0.29, 0.717) is 5.89 Å². The highest BCUT2D eigenvalue weighted by atomic mass is 32.1. The molecule has 0 atom stereocenters. The molecule has 0 aliphatic rings. The molecular formula is C13H12N4OS2. The van der Waals surface area contributed by atoms with Gasteiger partial charge in [-0.15, -0.1) is 16.4 Å². The Bertz CT molecular complexity index is 760. The molecule has 0 bridgehead atoms. The highest BCUT2D eigenvalue weighted by Crippen LogP contribution is 2.34. The summed E-state index contributed by atoms with van der Waals surface area (Å²) in [6.07, 6.45) is 5.41. The van der Waals surface area contributed by atoms with Crippen LogP contribution >= 0.6 is 23.6 Å². The fourth-order valence-corrected chi connectivity index (χ4v) is 3.04. The van der Waals surface area contributed by atoms with Gasteiger partial charge in [0.2, 0.25) is 0 Å². The SMILES string of the molecule is CCCc1nc(-c2ccncc2)sc1-c1n[nH]c(=S)o1. The monoisotopic (exact) mass is 304 g/mol. The summed E-state index contributed by atoms with van der Waals surface area (Å²) in [4.78, 5) is 9.94. The largest absolute Gasteiger partial charge is 0.408 e. The molecule has 0 aliphatic heterocycles. The van der Waals surface area contributed by atoms with E-state index in [0.717, 1.165) is 34.0 Å². The molecule has 0 amide bonds. The first-order valence-corrected chi connectivity index (χ1v) is 7.46. The number of nitrogens with zero attached hydrogens (tertiary/aromatic N) is 3. The van der Waals surface area contributed by atoms with Crippen molar-refractivity contribution in [3.05, 3.63) is 35.1 Å². The van der Waals surface area contributed by atoms with Crippen LogP contribution in [0.5, 0.6) is 0 Å². The van der Waals surface area contributed by atoms with Gasteiger partial charge in [-0.1, -0.05) is 13.3 Å². The van der Waals surface area contributed by atoms with Crippen LogP contribution in [-0.2, 0) is 6.42 Å². The number of pyridine rings is 1. The number of aromatic amines is 1. The normalized spacial score (nSPS) is 10.8. The third kappa shape index (κ3) is 2.54. The molecule has 0 radical (unpaired) electrons. The minimum Gasteiger partial charge on any atom is -0.408 e. The average Bonchev–Trinajstić information content (AvgIpc) is 3.07. The summed E-state index contributed by atoms with van der Waals surface area (Å²) in [5.41, 5.74) is 2.04. The van der Waals surface area contributed by atoms with Crippen molar-refractivity contribution in [3.63, 3.8) is 0 Å². The number of hydrogen-bond acceptors (Lipinski definition) is 6. The van der Waals surface area contributed by atoms with Gasteiger partial charge in [0.05, 0.1) is 5.69 Å². The molecule has 0 unspecified atom stereocenters. The van der Waals surface area contributed by atoms with Crippen LogP contribution < -0.4 is 0 Å². The van der Waals surface area contributed by atoms with Crippen molar-refractivity contribution in [1.82, 2.24) is 20.2 Å². The van der Waals surface area contributed by atoms with Crippen molar-refractivity contribution in [1.29, 1.82) is 0 Å². The van der Waals surface area contributed by atoms with Crippen LogP contribution in [0.15, 0.2) is 28.9 Å². The van der Waals surface area contributed by atoms with E-state index in [1.165, 1.54) is 0 Å². The third-order valence-electron chi connectivity index (χ3n) is 2.74. The summed E-state index contributed by atoms with van der Waals surface area (Å²) in [5.74, 6) is 0.510. The van der Waals surface area contributed by atoms with E-state index in [1.54, 1.807) is 23.7 Å². The Morgan fingerprint density at radius 1 is 1.35 bits per heavy atom. The molecule has 3 rings (SSSR count). The van der Waals surface area contributed by atoms with Gasteiger partial charge in [-0.3, -0.25) is 4.98 Å². The minimum atomic E-state index is 0.279. The maximum absolute atomic E-state index is 5.41. The smallest absolute Gasteiger partial charge is 0.284 e. The first-order chi connectivity index (χ1) is 9.78. The van der Waals surface area contributed by atoms with Gasteiger partial charge in [0.25, 0.3) is 10.7 Å². The topological polar surface area (TPSA) is 67.6 Å². The summed E-state index contributed by atoms with van der Waals surface area (Å²) in [7, 11) is 0. The summed E-state index contributed by atoms with van der Waals surface area (Å²) < 4.78 is 5.41. The Labute approximate surface area is 124 Å². The van der Waals surface area contributed by atoms with Crippen LogP contribution in [0.1, 0.15) is 19.0 Å². The second-order valence-electron chi connectivity index (χ2n) is 4.20. The maximum Gasteiger partial charge on any atom is 0.284 e. The van der Waals surface area contributed by atoms with E-state index >= 15 is 0 Å². The zero-order chi connectivity index (χ0) is 13.9. The Balaban J connectivity index is 2.09. The second kappa shape index (κ2) is 5.64. The highest BCUT2D eigenvalue weighted by molar-refractivity contribution is 7.71. The number of aromatic nitrogens is 4. The molecule has 0 saturated heterocycles. The molecule has 20 heavy (non-hydrogen) atoms. The molecule has 3 heterocycles. The zero-order valence-corrected chi connectivity index (χ0v) is 12.4. The number of thiazole rings is 1. The zero-order valence-electron chi connectivity index (χ0n) is 10.8. The van der Waals surface area contributed by atoms with Gasteiger partial charge in [0, 0.05) is 18.0 Å². The standard InChI is InChI=1S/C13H12N4OS2/c1-2-3-9-10(11-16-17-13(19)18-11)20-12(15-9)8-4-6-14-7-5-8/h4-7H,2-3H2,1H3,(H,17,19). The van der Waals surface area contributed by atoms with Gasteiger partial charge < -0.3 is 4.42 Å². The number of aryl methyl sites for hydroxylation is 1. The second-order valence-corrected chi connectivity index (χ2v) is 5.57. The van der Waals surface area contributed by atoms with Gasteiger partial charge in [0.15, 0.2) is 0 Å². The van der Waals surface area contributed by atoms with E-state index < -0.39 is 0 Å². The van der Waals surface area contributed by atoms with Crippen molar-refractivity contribution >= 4 is 23.6 Å². The summed E-state index contributed by atoms with van der Waals surface area (Å²) in [6, 6.07) is 3.89. The van der Waals surface area contributed by atoms with E-state index in [1.807, 2.05) is 12.1 Å². The minimum absolute atomic E-state index is 0.279. The molecule has 1 N–H and O–H groups in total. The average molecular weight is 304 g/mol. The quantitative estimate of drug-likeness (QED) is 0.741. The molecule has 102 valence electrons. The molecule has 0 saturated carbocycles. The van der Waals surface area contributed by atoms with E-state index in [4.69, 9.17) is 21.6 Å². The Morgan fingerprint density at radius 2 is 2.15 bits per heavy atom. The molecule has 0 aliphatic carbocycles. The fraction of sp³-hybridized carbons (Fsp3) is 0.231. The molecule has 3 aromatic rings. The Kier molecular flexibility index (Phi) is 3.70. The van der Waals surface area contributed by atoms with Crippen LogP contribution in [-0.4, -0.2) is 20.2 Å². The summed E-state index contributed by atoms with van der Waals surface area (Å²) >= 11 is 6.49. The molecule has 0 aromatic carbocycles. The van der Waals surface area contributed by atoms with Gasteiger partial charge in [0.1, 0.15) is 9.88 Å². The van der Waals surface area contributed by atoms with Crippen molar-refractivity contribution in [2.45, 2.75) is 19.8 Å². The van der Waals surface area contributed by atoms with Crippen LogP contribution in [0.25, 0.3) is 21.3 Å². The molecule has 7 heteroatoms. The number of rotatable bonds is 4. The maximum atomic E-state index is 5.41. The fourth-order valence-electron chi connectivity index (χ4n) is 1.87. The van der Waals surface area contributed by atoms with Crippen molar-refractivity contribution in [2.24, 2.45) is 0 Å².